The molecule has 1 aromatic carbocycles. The van der Waals surface area contributed by atoms with Gasteiger partial charge in [0, 0.05) is 11.6 Å². The first kappa shape index (κ1) is 14.5. The van der Waals surface area contributed by atoms with Gasteiger partial charge >= 0.3 is 0 Å². The molecule has 0 saturated heterocycles. The molecule has 2 rings (SSSR count). The SMILES string of the molecule is CC(C)(O)c1cc(F)c(F)cc1Nc1ncnc(Cl)n1. The first-order chi connectivity index (χ1) is 9.27. The molecule has 20 heavy (non-hydrogen) atoms. The van der Waals surface area contributed by atoms with E-state index >= 15 is 0 Å². The van der Waals surface area contributed by atoms with Crippen molar-refractivity contribution in [2.75, 3.05) is 5.32 Å². The summed E-state index contributed by atoms with van der Waals surface area (Å²) in [4.78, 5) is 11.2. The van der Waals surface area contributed by atoms with Crippen LogP contribution in [0.3, 0.4) is 0 Å². The zero-order valence-corrected chi connectivity index (χ0v) is 11.4. The number of hydrogen-bond donors (Lipinski definition) is 2. The number of benzene rings is 1. The van der Waals surface area contributed by atoms with Crippen molar-refractivity contribution in [3.63, 3.8) is 0 Å². The predicted octanol–water partition coefficient (Wildman–Crippen LogP) is 2.77. The van der Waals surface area contributed by atoms with E-state index < -0.39 is 17.2 Å². The molecule has 0 saturated carbocycles. The van der Waals surface area contributed by atoms with Crippen molar-refractivity contribution < 1.29 is 13.9 Å². The fraction of sp³-hybridized carbons (Fsp3) is 0.250. The summed E-state index contributed by atoms with van der Waals surface area (Å²) < 4.78 is 26.7. The van der Waals surface area contributed by atoms with Crippen molar-refractivity contribution in [3.8, 4) is 0 Å². The summed E-state index contributed by atoms with van der Waals surface area (Å²) in [6.45, 7) is 2.90. The number of hydrogen-bond acceptors (Lipinski definition) is 5. The van der Waals surface area contributed by atoms with Crippen LogP contribution in [0.15, 0.2) is 18.5 Å². The van der Waals surface area contributed by atoms with E-state index in [0.717, 1.165) is 12.1 Å². The highest BCUT2D eigenvalue weighted by atomic mass is 35.5. The molecule has 0 atom stereocenters. The second-order valence-electron chi connectivity index (χ2n) is 4.57. The lowest BCUT2D eigenvalue weighted by Crippen LogP contribution is -2.18. The van der Waals surface area contributed by atoms with Crippen LogP contribution >= 0.6 is 11.6 Å². The third kappa shape index (κ3) is 3.17. The molecule has 8 heteroatoms. The molecule has 0 aliphatic rings. The van der Waals surface area contributed by atoms with Gasteiger partial charge in [-0.05, 0) is 31.5 Å². The standard InChI is InChI=1S/C12H11ClF2N4O/c1-12(2,20)6-3-7(14)8(15)4-9(6)18-11-17-5-16-10(13)19-11/h3-5,20H,1-2H3,(H,16,17,18,19). The van der Waals surface area contributed by atoms with E-state index in [1.54, 1.807) is 0 Å². The van der Waals surface area contributed by atoms with Gasteiger partial charge in [0.1, 0.15) is 6.33 Å². The molecule has 0 aliphatic heterocycles. The van der Waals surface area contributed by atoms with Crippen LogP contribution in [0.5, 0.6) is 0 Å². The molecule has 0 bridgehead atoms. The summed E-state index contributed by atoms with van der Waals surface area (Å²) in [6, 6.07) is 1.83. The Labute approximate surface area is 118 Å². The van der Waals surface area contributed by atoms with Crippen molar-refractivity contribution in [1.82, 2.24) is 15.0 Å². The van der Waals surface area contributed by atoms with Crippen molar-refractivity contribution >= 4 is 23.2 Å². The number of anilines is 2. The van der Waals surface area contributed by atoms with Crippen molar-refractivity contribution in [3.05, 3.63) is 40.9 Å². The van der Waals surface area contributed by atoms with Gasteiger partial charge in [0.05, 0.1) is 11.3 Å². The Morgan fingerprint density at radius 3 is 2.45 bits per heavy atom. The molecule has 2 aromatic rings. The maximum Gasteiger partial charge on any atom is 0.231 e. The highest BCUT2D eigenvalue weighted by molar-refractivity contribution is 6.28. The lowest BCUT2D eigenvalue weighted by molar-refractivity contribution is 0.0789. The Morgan fingerprint density at radius 2 is 1.85 bits per heavy atom. The first-order valence-corrected chi connectivity index (χ1v) is 5.98. The molecule has 0 unspecified atom stereocenters. The maximum atomic E-state index is 13.4. The van der Waals surface area contributed by atoms with Crippen LogP contribution in [0.25, 0.3) is 0 Å². The van der Waals surface area contributed by atoms with Gasteiger partial charge in [-0.15, -0.1) is 0 Å². The predicted molar refractivity (Wildman–Crippen MR) is 69.7 cm³/mol. The van der Waals surface area contributed by atoms with Gasteiger partial charge in [-0.2, -0.15) is 4.98 Å². The quantitative estimate of drug-likeness (QED) is 0.912. The van der Waals surface area contributed by atoms with Crippen molar-refractivity contribution in [2.45, 2.75) is 19.4 Å². The molecule has 0 aliphatic carbocycles. The summed E-state index contributed by atoms with van der Waals surface area (Å²) in [5.41, 5.74) is -1.08. The van der Waals surface area contributed by atoms with Crippen LogP contribution in [-0.4, -0.2) is 20.1 Å². The van der Waals surface area contributed by atoms with Crippen LogP contribution in [0.2, 0.25) is 5.28 Å². The highest BCUT2D eigenvalue weighted by Crippen LogP contribution is 2.31. The third-order valence-corrected chi connectivity index (χ3v) is 2.69. The van der Waals surface area contributed by atoms with Gasteiger partial charge in [-0.3, -0.25) is 0 Å². The fourth-order valence-electron chi connectivity index (χ4n) is 1.61. The van der Waals surface area contributed by atoms with Gasteiger partial charge in [-0.1, -0.05) is 0 Å². The Kier molecular flexibility index (Phi) is 3.82. The molecule has 0 amide bonds. The summed E-state index contributed by atoms with van der Waals surface area (Å²) in [5, 5.41) is 12.6. The number of nitrogens with one attached hydrogen (secondary N) is 1. The van der Waals surface area contributed by atoms with Gasteiger partial charge < -0.3 is 10.4 Å². The molecule has 1 aromatic heterocycles. The molecule has 1 heterocycles. The normalized spacial score (nSPS) is 11.5. The average molecular weight is 301 g/mol. The van der Waals surface area contributed by atoms with Crippen LogP contribution < -0.4 is 5.32 Å². The van der Waals surface area contributed by atoms with E-state index in [1.807, 2.05) is 0 Å². The van der Waals surface area contributed by atoms with Gasteiger partial charge in [0.15, 0.2) is 11.6 Å². The third-order valence-electron chi connectivity index (χ3n) is 2.51. The second kappa shape index (κ2) is 5.26. The lowest BCUT2D eigenvalue weighted by atomic mass is 9.96. The van der Waals surface area contributed by atoms with Crippen LogP contribution in [0.1, 0.15) is 19.4 Å². The van der Waals surface area contributed by atoms with E-state index in [-0.39, 0.29) is 22.5 Å². The largest absolute Gasteiger partial charge is 0.386 e. The minimum Gasteiger partial charge on any atom is -0.386 e. The van der Waals surface area contributed by atoms with Gasteiger partial charge in [0.2, 0.25) is 11.2 Å². The van der Waals surface area contributed by atoms with Crippen molar-refractivity contribution in [2.24, 2.45) is 0 Å². The Morgan fingerprint density at radius 1 is 1.20 bits per heavy atom. The molecule has 5 nitrogen and oxygen atoms in total. The number of aliphatic hydroxyl groups is 1. The Balaban J connectivity index is 2.47. The second-order valence-corrected chi connectivity index (χ2v) is 4.91. The zero-order chi connectivity index (χ0) is 14.9. The Bertz CT molecular complexity index is 646. The minimum absolute atomic E-state index is 0.0464. The van der Waals surface area contributed by atoms with E-state index in [2.05, 4.69) is 20.3 Å². The van der Waals surface area contributed by atoms with Gasteiger partial charge in [0.25, 0.3) is 0 Å². The fourth-order valence-corrected chi connectivity index (χ4v) is 1.74. The van der Waals surface area contributed by atoms with E-state index in [0.29, 0.717) is 0 Å². The average Bonchev–Trinajstić information content (AvgIpc) is 2.32. The van der Waals surface area contributed by atoms with Crippen LogP contribution in [-0.2, 0) is 5.60 Å². The molecule has 0 fully saturated rings. The molecule has 2 N–H and O–H groups in total. The van der Waals surface area contributed by atoms with E-state index in [4.69, 9.17) is 11.6 Å². The highest BCUT2D eigenvalue weighted by Gasteiger charge is 2.23. The maximum absolute atomic E-state index is 13.4. The summed E-state index contributed by atoms with van der Waals surface area (Å²) >= 11 is 5.61. The summed E-state index contributed by atoms with van der Waals surface area (Å²) in [6.07, 6.45) is 1.17. The molecule has 0 radical (unpaired) electrons. The molecule has 0 spiro atoms. The lowest BCUT2D eigenvalue weighted by Gasteiger charge is -2.22. The van der Waals surface area contributed by atoms with E-state index in [9.17, 15) is 13.9 Å². The molecular formula is C12H11ClF2N4O. The minimum atomic E-state index is -1.38. The first-order valence-electron chi connectivity index (χ1n) is 5.61. The smallest absolute Gasteiger partial charge is 0.231 e. The molecule has 106 valence electrons. The Hall–Kier alpha value is -1.86. The topological polar surface area (TPSA) is 70.9 Å². The number of nitrogens with zero attached hydrogens (tertiary/aromatic N) is 3. The molecular weight excluding hydrogens is 290 g/mol. The summed E-state index contributed by atoms with van der Waals surface area (Å²) in [5.74, 6) is -2.05. The van der Waals surface area contributed by atoms with Gasteiger partial charge in [-0.25, -0.2) is 18.7 Å². The van der Waals surface area contributed by atoms with Crippen LogP contribution in [0, 0.1) is 11.6 Å². The summed E-state index contributed by atoms with van der Waals surface area (Å²) in [7, 11) is 0. The number of aromatic nitrogens is 3. The van der Waals surface area contributed by atoms with Crippen LogP contribution in [0.4, 0.5) is 20.4 Å². The van der Waals surface area contributed by atoms with E-state index in [1.165, 1.54) is 20.2 Å². The number of rotatable bonds is 3. The van der Waals surface area contributed by atoms with Crippen molar-refractivity contribution in [1.29, 1.82) is 0 Å². The zero-order valence-electron chi connectivity index (χ0n) is 10.7. The monoisotopic (exact) mass is 300 g/mol. The number of halogens is 3.